The second-order valence-corrected chi connectivity index (χ2v) is 9.23. The summed E-state index contributed by atoms with van der Waals surface area (Å²) in [6, 6.07) is 0. The van der Waals surface area contributed by atoms with E-state index in [1.54, 1.807) is 41.5 Å². The van der Waals surface area contributed by atoms with Gasteiger partial charge < -0.3 is 18.9 Å². The summed E-state index contributed by atoms with van der Waals surface area (Å²) in [4.78, 5) is 30.9. The molecule has 0 aromatic rings. The average molecular weight is 480 g/mol. The number of rotatable bonds is 16. The standard InChI is InChI=1S/C8H17O7P.C8H17O5P/c1-4-11-8(9)7-16(10,14-12-5-2)15-13-6-3;1-4-7(8(9)10)14(11,12-5-2)13-6-3/h4-7H2,1-3H3;7H,4-6H2,1-3H3,(H,9,10). The van der Waals surface area contributed by atoms with Crippen LogP contribution in [0.5, 0.6) is 0 Å². The van der Waals surface area contributed by atoms with Gasteiger partial charge in [-0.2, -0.15) is 0 Å². The number of ether oxygens (including phenoxy) is 1. The summed E-state index contributed by atoms with van der Waals surface area (Å²) in [5.74, 6) is -1.84. The van der Waals surface area contributed by atoms with Crippen molar-refractivity contribution in [2.75, 3.05) is 39.2 Å². The SMILES string of the molecule is CCOOP(=O)(CC(=O)OCC)OOCC.CCOP(=O)(OCC)C(CC)C(=O)O. The first kappa shape index (κ1) is 31.3. The van der Waals surface area contributed by atoms with Crippen LogP contribution in [0, 0.1) is 0 Å². The van der Waals surface area contributed by atoms with Crippen molar-refractivity contribution in [2.45, 2.75) is 53.6 Å². The molecule has 0 saturated carbocycles. The highest BCUT2D eigenvalue weighted by Crippen LogP contribution is 2.54. The molecule has 0 amide bonds. The Morgan fingerprint density at radius 1 is 0.800 bits per heavy atom. The van der Waals surface area contributed by atoms with E-state index in [0.717, 1.165) is 0 Å². The van der Waals surface area contributed by atoms with Gasteiger partial charge in [-0.1, -0.05) is 6.92 Å². The first-order chi connectivity index (χ1) is 14.1. The van der Waals surface area contributed by atoms with E-state index in [2.05, 4.69) is 23.9 Å². The largest absolute Gasteiger partial charge is 0.481 e. The van der Waals surface area contributed by atoms with E-state index in [-0.39, 0.29) is 39.5 Å². The summed E-state index contributed by atoms with van der Waals surface area (Å²) < 4.78 is 47.3. The average Bonchev–Trinajstić information content (AvgIpc) is 2.66. The lowest BCUT2D eigenvalue weighted by Gasteiger charge is -2.21. The van der Waals surface area contributed by atoms with Gasteiger partial charge in [0.2, 0.25) is 0 Å². The van der Waals surface area contributed by atoms with Crippen molar-refractivity contribution >= 4 is 27.1 Å². The van der Waals surface area contributed by atoms with Gasteiger partial charge in [-0.15, -0.1) is 9.35 Å². The Kier molecular flexibility index (Phi) is 18.6. The first-order valence-electron chi connectivity index (χ1n) is 9.58. The lowest BCUT2D eigenvalue weighted by atomic mass is 10.3. The van der Waals surface area contributed by atoms with Crippen LogP contribution in [0.3, 0.4) is 0 Å². The molecule has 180 valence electrons. The Morgan fingerprint density at radius 2 is 1.27 bits per heavy atom. The number of carbonyl (C=O) groups excluding carboxylic acids is 1. The first-order valence-corrected chi connectivity index (χ1v) is 12.9. The quantitative estimate of drug-likeness (QED) is 0.148. The molecule has 0 aromatic carbocycles. The summed E-state index contributed by atoms with van der Waals surface area (Å²) in [6.45, 7) is 10.7. The van der Waals surface area contributed by atoms with Crippen molar-refractivity contribution < 1.29 is 56.7 Å². The highest BCUT2D eigenvalue weighted by molar-refractivity contribution is 7.55. The third-order valence-electron chi connectivity index (χ3n) is 2.87. The smallest absolute Gasteiger partial charge is 0.395 e. The lowest BCUT2D eigenvalue weighted by molar-refractivity contribution is -0.263. The molecule has 1 N–H and O–H groups in total. The molecule has 1 unspecified atom stereocenters. The van der Waals surface area contributed by atoms with Crippen LogP contribution in [0.1, 0.15) is 48.0 Å². The van der Waals surface area contributed by atoms with Crippen molar-refractivity contribution in [2.24, 2.45) is 0 Å². The van der Waals surface area contributed by atoms with E-state index in [0.29, 0.717) is 0 Å². The summed E-state index contributed by atoms with van der Waals surface area (Å²) in [5, 5.41) is 8.83. The van der Waals surface area contributed by atoms with Gasteiger partial charge in [-0.25, -0.2) is 9.78 Å². The number of hydrogen-bond donors (Lipinski definition) is 1. The van der Waals surface area contributed by atoms with Crippen LogP contribution < -0.4 is 0 Å². The minimum Gasteiger partial charge on any atom is -0.481 e. The zero-order valence-electron chi connectivity index (χ0n) is 18.4. The fourth-order valence-corrected chi connectivity index (χ4v) is 4.75. The number of carbonyl (C=O) groups is 2. The van der Waals surface area contributed by atoms with E-state index in [4.69, 9.17) is 14.2 Å². The Labute approximate surface area is 177 Å². The highest BCUT2D eigenvalue weighted by Gasteiger charge is 2.39. The Morgan fingerprint density at radius 3 is 1.57 bits per heavy atom. The predicted octanol–water partition coefficient (Wildman–Crippen LogP) is 3.79. The minimum absolute atomic E-state index is 0.169. The molecule has 30 heavy (non-hydrogen) atoms. The molecule has 0 saturated heterocycles. The molecular weight excluding hydrogens is 446 g/mol. The van der Waals surface area contributed by atoms with Crippen molar-refractivity contribution in [3.63, 3.8) is 0 Å². The molecule has 0 aliphatic heterocycles. The van der Waals surface area contributed by atoms with Crippen molar-refractivity contribution in [3.05, 3.63) is 0 Å². The van der Waals surface area contributed by atoms with E-state index < -0.39 is 39.0 Å². The highest BCUT2D eigenvalue weighted by atomic mass is 31.2. The Hall–Kier alpha value is -0.840. The number of carboxylic acids is 1. The molecule has 12 nitrogen and oxygen atoms in total. The zero-order valence-corrected chi connectivity index (χ0v) is 20.1. The second kappa shape index (κ2) is 17.8. The Balaban J connectivity index is 0. The van der Waals surface area contributed by atoms with E-state index in [1.807, 2.05) is 0 Å². The molecule has 0 aliphatic rings. The maximum Gasteiger partial charge on any atom is 0.395 e. The fourth-order valence-electron chi connectivity index (χ4n) is 1.81. The third-order valence-corrected chi connectivity index (χ3v) is 6.76. The Bertz CT molecular complexity index is 546. The summed E-state index contributed by atoms with van der Waals surface area (Å²) in [5.41, 5.74) is -1.07. The van der Waals surface area contributed by atoms with Crippen LogP contribution in [0.15, 0.2) is 0 Å². The number of esters is 1. The monoisotopic (exact) mass is 480 g/mol. The van der Waals surface area contributed by atoms with Crippen molar-refractivity contribution in [1.29, 1.82) is 0 Å². The molecule has 14 heteroatoms. The molecule has 0 aromatic heterocycles. The molecule has 0 aliphatic carbocycles. The van der Waals surface area contributed by atoms with Crippen LogP contribution in [0.4, 0.5) is 0 Å². The third kappa shape index (κ3) is 13.5. The van der Waals surface area contributed by atoms with Crippen molar-refractivity contribution in [3.8, 4) is 0 Å². The molecule has 0 radical (unpaired) electrons. The van der Waals surface area contributed by atoms with E-state index >= 15 is 0 Å². The molecule has 0 fully saturated rings. The van der Waals surface area contributed by atoms with Gasteiger partial charge >= 0.3 is 27.1 Å². The van der Waals surface area contributed by atoms with Gasteiger partial charge in [-0.3, -0.25) is 18.7 Å². The molecule has 0 heterocycles. The predicted molar refractivity (Wildman–Crippen MR) is 107 cm³/mol. The summed E-state index contributed by atoms with van der Waals surface area (Å²) in [7, 11) is -7.24. The van der Waals surface area contributed by atoms with Gasteiger partial charge in [0.25, 0.3) is 0 Å². The van der Waals surface area contributed by atoms with Gasteiger partial charge in [-0.05, 0) is 41.0 Å². The zero-order chi connectivity index (χ0) is 23.6. The number of aliphatic carboxylic acids is 1. The second-order valence-electron chi connectivity index (χ2n) is 5.17. The van der Waals surface area contributed by atoms with E-state index in [9.17, 15) is 18.7 Å². The molecule has 1 atom stereocenters. The van der Waals surface area contributed by atoms with Crippen LogP contribution in [-0.4, -0.2) is 61.9 Å². The number of hydrogen-bond acceptors (Lipinski definition) is 11. The van der Waals surface area contributed by atoms with Gasteiger partial charge in [0.1, 0.15) is 0 Å². The van der Waals surface area contributed by atoms with Crippen molar-refractivity contribution in [1.82, 2.24) is 0 Å². The topological polar surface area (TPSA) is 153 Å². The van der Waals surface area contributed by atoms with Crippen LogP contribution in [-0.2, 0) is 51.6 Å². The summed E-state index contributed by atoms with van der Waals surface area (Å²) >= 11 is 0. The normalized spacial score (nSPS) is 12.6. The number of carboxylic acid groups (broad SMARTS) is 1. The lowest BCUT2D eigenvalue weighted by Crippen LogP contribution is -2.22. The van der Waals surface area contributed by atoms with Gasteiger partial charge in [0.15, 0.2) is 11.8 Å². The van der Waals surface area contributed by atoms with Crippen LogP contribution in [0.2, 0.25) is 0 Å². The maximum absolute atomic E-state index is 12.0. The minimum atomic E-state index is -3.76. The van der Waals surface area contributed by atoms with Crippen LogP contribution in [0.25, 0.3) is 0 Å². The maximum atomic E-state index is 12.0. The van der Waals surface area contributed by atoms with Gasteiger partial charge in [0.05, 0.1) is 33.0 Å². The molecule has 0 spiro atoms. The molecular formula is C16H34O12P2. The van der Waals surface area contributed by atoms with Crippen LogP contribution >= 0.6 is 15.2 Å². The van der Waals surface area contributed by atoms with Gasteiger partial charge in [0, 0.05) is 0 Å². The molecule has 0 bridgehead atoms. The van der Waals surface area contributed by atoms with E-state index in [1.165, 1.54) is 0 Å². The summed E-state index contributed by atoms with van der Waals surface area (Å²) in [6.07, 6.45) is -0.326. The fraction of sp³-hybridized carbons (Fsp3) is 0.875. The molecule has 0 rings (SSSR count).